The topological polar surface area (TPSA) is 49.4 Å². The fourth-order valence-electron chi connectivity index (χ4n) is 4.24. The lowest BCUT2D eigenvalue weighted by atomic mass is 9.95. The summed E-state index contributed by atoms with van der Waals surface area (Å²) in [6.07, 6.45) is 3.17. The number of hydrogen-bond acceptors (Lipinski definition) is 2. The number of benzene rings is 2. The Balaban J connectivity index is 1.61. The van der Waals surface area contributed by atoms with Crippen LogP contribution in [0.3, 0.4) is 0 Å². The fraction of sp³-hybridized carbons (Fsp3) is 0.417. The fourth-order valence-corrected chi connectivity index (χ4v) is 4.24. The average Bonchev–Trinajstić information content (AvgIpc) is 3.50. The van der Waals surface area contributed by atoms with Crippen molar-refractivity contribution in [2.75, 3.05) is 16.8 Å². The Hall–Kier alpha value is -2.62. The number of fused-ring (bicyclic) bond motifs is 1. The standard InChI is InChI=1S/C24H28N2O2/c1-16(2)19-11-6-8-17(3)21(19)25-22(27)24(13-14-24)23(28)26-15-7-10-18-9-4-5-12-20(18)26/h4-6,8-9,11-12,16H,7,10,13-15H2,1-3H3,(H,25,27). The van der Waals surface area contributed by atoms with Crippen molar-refractivity contribution in [3.05, 3.63) is 59.2 Å². The summed E-state index contributed by atoms with van der Waals surface area (Å²) in [6, 6.07) is 14.1. The first-order valence-corrected chi connectivity index (χ1v) is 10.2. The van der Waals surface area contributed by atoms with Gasteiger partial charge in [0.2, 0.25) is 11.8 Å². The van der Waals surface area contributed by atoms with Crippen molar-refractivity contribution in [2.45, 2.75) is 52.4 Å². The van der Waals surface area contributed by atoms with Crippen molar-refractivity contribution in [3.63, 3.8) is 0 Å². The van der Waals surface area contributed by atoms with Crippen LogP contribution in [0.5, 0.6) is 0 Å². The van der Waals surface area contributed by atoms with Crippen molar-refractivity contribution in [1.29, 1.82) is 0 Å². The van der Waals surface area contributed by atoms with Crippen molar-refractivity contribution in [1.82, 2.24) is 0 Å². The molecule has 146 valence electrons. The van der Waals surface area contributed by atoms with Crippen LogP contribution in [0.2, 0.25) is 0 Å². The maximum absolute atomic E-state index is 13.4. The van der Waals surface area contributed by atoms with Gasteiger partial charge in [-0.05, 0) is 61.3 Å². The van der Waals surface area contributed by atoms with Crippen LogP contribution >= 0.6 is 0 Å². The molecule has 2 aliphatic rings. The largest absolute Gasteiger partial charge is 0.325 e. The first-order chi connectivity index (χ1) is 13.4. The molecule has 28 heavy (non-hydrogen) atoms. The van der Waals surface area contributed by atoms with E-state index in [1.54, 1.807) is 0 Å². The van der Waals surface area contributed by atoms with Crippen LogP contribution in [-0.2, 0) is 16.0 Å². The lowest BCUT2D eigenvalue weighted by Gasteiger charge is -2.32. The molecule has 0 atom stereocenters. The third kappa shape index (κ3) is 3.11. The van der Waals surface area contributed by atoms with E-state index in [9.17, 15) is 9.59 Å². The second-order valence-corrected chi connectivity index (χ2v) is 8.42. The molecule has 0 saturated heterocycles. The van der Waals surface area contributed by atoms with E-state index in [-0.39, 0.29) is 11.8 Å². The average molecular weight is 377 g/mol. The molecule has 1 aliphatic heterocycles. The molecule has 4 rings (SSSR count). The van der Waals surface area contributed by atoms with Crippen LogP contribution in [0.25, 0.3) is 0 Å². The van der Waals surface area contributed by atoms with E-state index in [2.05, 4.69) is 31.3 Å². The first kappa shape index (κ1) is 18.7. The molecule has 0 radical (unpaired) electrons. The monoisotopic (exact) mass is 376 g/mol. The molecule has 2 aromatic rings. The zero-order valence-corrected chi connectivity index (χ0v) is 16.9. The number of amides is 2. The van der Waals surface area contributed by atoms with Gasteiger partial charge in [0.1, 0.15) is 5.41 Å². The summed E-state index contributed by atoms with van der Waals surface area (Å²) in [6.45, 7) is 6.93. The van der Waals surface area contributed by atoms with Crippen molar-refractivity contribution >= 4 is 23.2 Å². The van der Waals surface area contributed by atoms with Gasteiger partial charge >= 0.3 is 0 Å². The highest BCUT2D eigenvalue weighted by Gasteiger charge is 2.58. The van der Waals surface area contributed by atoms with E-state index in [0.717, 1.165) is 35.3 Å². The number of para-hydroxylation sites is 2. The van der Waals surface area contributed by atoms with Crippen LogP contribution in [0.15, 0.2) is 42.5 Å². The highest BCUT2D eigenvalue weighted by atomic mass is 16.2. The molecular formula is C24H28N2O2. The minimum Gasteiger partial charge on any atom is -0.325 e. The molecule has 0 bridgehead atoms. The summed E-state index contributed by atoms with van der Waals surface area (Å²) in [7, 11) is 0. The zero-order chi connectivity index (χ0) is 19.9. The number of carbonyl (C=O) groups excluding carboxylic acids is 2. The minimum atomic E-state index is -0.916. The van der Waals surface area contributed by atoms with Crippen LogP contribution in [0.1, 0.15) is 55.7 Å². The Morgan fingerprint density at radius 1 is 1.07 bits per heavy atom. The van der Waals surface area contributed by atoms with Crippen LogP contribution in [0, 0.1) is 12.3 Å². The Morgan fingerprint density at radius 2 is 1.82 bits per heavy atom. The zero-order valence-electron chi connectivity index (χ0n) is 16.9. The summed E-state index contributed by atoms with van der Waals surface area (Å²) >= 11 is 0. The lowest BCUT2D eigenvalue weighted by molar-refractivity contribution is -0.132. The normalized spacial score (nSPS) is 17.2. The number of nitrogens with zero attached hydrogens (tertiary/aromatic N) is 1. The first-order valence-electron chi connectivity index (χ1n) is 10.2. The number of nitrogens with one attached hydrogen (secondary N) is 1. The maximum atomic E-state index is 13.4. The van der Waals surface area contributed by atoms with Crippen LogP contribution in [0.4, 0.5) is 11.4 Å². The van der Waals surface area contributed by atoms with Gasteiger partial charge in [-0.2, -0.15) is 0 Å². The van der Waals surface area contributed by atoms with Gasteiger partial charge in [-0.3, -0.25) is 9.59 Å². The summed E-state index contributed by atoms with van der Waals surface area (Å²) < 4.78 is 0. The number of carbonyl (C=O) groups is 2. The molecule has 0 spiro atoms. The number of hydrogen-bond donors (Lipinski definition) is 1. The van der Waals surface area contributed by atoms with Gasteiger partial charge in [0.15, 0.2) is 0 Å². The number of rotatable bonds is 4. The molecule has 1 fully saturated rings. The summed E-state index contributed by atoms with van der Waals surface area (Å²) in [5, 5.41) is 3.12. The van der Waals surface area contributed by atoms with Gasteiger partial charge in [0, 0.05) is 17.9 Å². The molecule has 0 unspecified atom stereocenters. The molecule has 2 amide bonds. The van der Waals surface area contributed by atoms with Gasteiger partial charge in [-0.25, -0.2) is 0 Å². The highest BCUT2D eigenvalue weighted by molar-refractivity contribution is 6.18. The predicted molar refractivity (Wildman–Crippen MR) is 113 cm³/mol. The second-order valence-electron chi connectivity index (χ2n) is 8.42. The Morgan fingerprint density at radius 3 is 2.54 bits per heavy atom. The van der Waals surface area contributed by atoms with E-state index in [1.165, 1.54) is 5.56 Å². The van der Waals surface area contributed by atoms with Gasteiger partial charge in [0.25, 0.3) is 0 Å². The summed E-state index contributed by atoms with van der Waals surface area (Å²) in [5.74, 6) is 0.101. The SMILES string of the molecule is Cc1cccc(C(C)C)c1NC(=O)C1(C(=O)N2CCCc3ccccc32)CC1. The van der Waals surface area contributed by atoms with Gasteiger partial charge in [0.05, 0.1) is 0 Å². The van der Waals surface area contributed by atoms with Crippen molar-refractivity contribution < 1.29 is 9.59 Å². The predicted octanol–water partition coefficient (Wildman–Crippen LogP) is 4.82. The third-order valence-corrected chi connectivity index (χ3v) is 6.11. The Bertz CT molecular complexity index is 928. The molecular weight excluding hydrogens is 348 g/mol. The van der Waals surface area contributed by atoms with Gasteiger partial charge in [-0.15, -0.1) is 0 Å². The van der Waals surface area contributed by atoms with E-state index in [1.807, 2.05) is 42.2 Å². The minimum absolute atomic E-state index is 0.0446. The van der Waals surface area contributed by atoms with E-state index < -0.39 is 5.41 Å². The van der Waals surface area contributed by atoms with Crippen LogP contribution in [-0.4, -0.2) is 18.4 Å². The molecule has 0 aromatic heterocycles. The molecule has 1 aliphatic carbocycles. The van der Waals surface area contributed by atoms with Crippen molar-refractivity contribution in [3.8, 4) is 0 Å². The Labute approximate surface area is 166 Å². The van der Waals surface area contributed by atoms with E-state index in [4.69, 9.17) is 0 Å². The number of aryl methyl sites for hydroxylation is 2. The summed E-state index contributed by atoms with van der Waals surface area (Å²) in [5.41, 5.74) is 4.25. The maximum Gasteiger partial charge on any atom is 0.242 e. The molecule has 4 nitrogen and oxygen atoms in total. The van der Waals surface area contributed by atoms with E-state index >= 15 is 0 Å². The second kappa shape index (κ2) is 7.08. The molecule has 1 heterocycles. The number of anilines is 2. The molecule has 4 heteroatoms. The Kier molecular flexibility index (Phi) is 4.74. The molecule has 1 saturated carbocycles. The lowest BCUT2D eigenvalue weighted by Crippen LogP contribution is -2.45. The van der Waals surface area contributed by atoms with E-state index in [0.29, 0.717) is 25.3 Å². The molecule has 1 N–H and O–H groups in total. The van der Waals surface area contributed by atoms with Gasteiger partial charge < -0.3 is 10.2 Å². The summed E-state index contributed by atoms with van der Waals surface area (Å²) in [4.78, 5) is 28.5. The van der Waals surface area contributed by atoms with Crippen molar-refractivity contribution in [2.24, 2.45) is 5.41 Å². The quantitative estimate of drug-likeness (QED) is 0.778. The third-order valence-electron chi connectivity index (χ3n) is 6.11. The van der Waals surface area contributed by atoms with Gasteiger partial charge in [-0.1, -0.05) is 50.2 Å². The molecule has 2 aromatic carbocycles. The van der Waals surface area contributed by atoms with Crippen LogP contribution < -0.4 is 10.2 Å². The smallest absolute Gasteiger partial charge is 0.242 e. The highest BCUT2D eigenvalue weighted by Crippen LogP contribution is 2.50.